The molecule has 0 amide bonds. The van der Waals surface area contributed by atoms with Gasteiger partial charge in [0.15, 0.2) is 11.5 Å². The smallest absolute Gasteiger partial charge is 0.303 e. The van der Waals surface area contributed by atoms with Gasteiger partial charge in [-0.3, -0.25) is 4.79 Å². The van der Waals surface area contributed by atoms with Gasteiger partial charge in [0, 0.05) is 6.42 Å². The molecule has 0 spiro atoms. The molecule has 0 radical (unpaired) electrons. The van der Waals surface area contributed by atoms with Crippen molar-refractivity contribution in [2.24, 2.45) is 0 Å². The molecule has 0 saturated heterocycles. The van der Waals surface area contributed by atoms with Crippen molar-refractivity contribution in [3.05, 3.63) is 17.7 Å². The van der Waals surface area contributed by atoms with Crippen molar-refractivity contribution >= 4 is 5.97 Å². The van der Waals surface area contributed by atoms with Gasteiger partial charge in [0.05, 0.1) is 20.8 Å². The second-order valence-electron chi connectivity index (χ2n) is 3.84. The summed E-state index contributed by atoms with van der Waals surface area (Å²) < 4.78 is 16.0. The predicted molar refractivity (Wildman–Crippen MR) is 66.6 cm³/mol. The van der Waals surface area contributed by atoms with Crippen LogP contribution in [-0.4, -0.2) is 31.9 Å². The Balaban J connectivity index is 2.76. The number of hydrogen-bond acceptors (Lipinski definition) is 4. The summed E-state index contributed by atoms with van der Waals surface area (Å²) in [6, 6.07) is 3.68. The highest BCUT2D eigenvalue weighted by molar-refractivity contribution is 5.66. The fourth-order valence-electron chi connectivity index (χ4n) is 1.55. The van der Waals surface area contributed by atoms with Crippen molar-refractivity contribution in [2.75, 3.05) is 20.8 Å². The summed E-state index contributed by atoms with van der Waals surface area (Å²) in [5.74, 6) is 0.849. The van der Waals surface area contributed by atoms with E-state index in [2.05, 4.69) is 0 Å². The fraction of sp³-hybridized carbons (Fsp3) is 0.462. The van der Waals surface area contributed by atoms with Gasteiger partial charge in [-0.05, 0) is 31.0 Å². The number of carboxylic acids is 1. The summed E-state index contributed by atoms with van der Waals surface area (Å²) in [7, 11) is 3.11. The molecule has 0 aliphatic rings. The molecule has 0 unspecified atom stereocenters. The molecule has 5 nitrogen and oxygen atoms in total. The minimum atomic E-state index is -0.832. The number of carboxylic acid groups (broad SMARTS) is 1. The van der Waals surface area contributed by atoms with E-state index in [1.807, 2.05) is 19.1 Å². The number of aliphatic carboxylic acids is 1. The van der Waals surface area contributed by atoms with E-state index in [9.17, 15) is 4.79 Å². The largest absolute Gasteiger partial charge is 0.493 e. The van der Waals surface area contributed by atoms with E-state index in [1.165, 1.54) is 0 Å². The third-order valence-electron chi connectivity index (χ3n) is 2.39. The van der Waals surface area contributed by atoms with Crippen LogP contribution in [-0.2, 0) is 4.79 Å². The Bertz CT molecular complexity index is 389. The zero-order valence-corrected chi connectivity index (χ0v) is 10.9. The lowest BCUT2D eigenvalue weighted by Crippen LogP contribution is -2.04. The highest BCUT2D eigenvalue weighted by Crippen LogP contribution is 2.38. The molecule has 0 aliphatic heterocycles. The first-order valence-corrected chi connectivity index (χ1v) is 5.65. The first kappa shape index (κ1) is 14.2. The van der Waals surface area contributed by atoms with Gasteiger partial charge in [-0.2, -0.15) is 0 Å². The first-order valence-electron chi connectivity index (χ1n) is 5.65. The van der Waals surface area contributed by atoms with E-state index in [1.54, 1.807) is 14.2 Å². The van der Waals surface area contributed by atoms with Gasteiger partial charge in [0.2, 0.25) is 5.75 Å². The molecule has 0 aromatic heterocycles. The van der Waals surface area contributed by atoms with E-state index < -0.39 is 5.97 Å². The minimum absolute atomic E-state index is 0.0799. The third kappa shape index (κ3) is 3.84. The Morgan fingerprint density at radius 2 is 1.78 bits per heavy atom. The zero-order chi connectivity index (χ0) is 13.5. The van der Waals surface area contributed by atoms with Crippen LogP contribution >= 0.6 is 0 Å². The van der Waals surface area contributed by atoms with Gasteiger partial charge in [-0.15, -0.1) is 0 Å². The molecular formula is C13H18O5. The Labute approximate surface area is 106 Å². The molecule has 0 saturated carbocycles. The van der Waals surface area contributed by atoms with Gasteiger partial charge in [0.25, 0.3) is 0 Å². The van der Waals surface area contributed by atoms with Gasteiger partial charge >= 0.3 is 5.97 Å². The number of carbonyl (C=O) groups is 1. The summed E-state index contributed by atoms with van der Waals surface area (Å²) in [6.07, 6.45) is 0.520. The molecule has 1 aromatic carbocycles. The van der Waals surface area contributed by atoms with Crippen LogP contribution in [0.2, 0.25) is 0 Å². The van der Waals surface area contributed by atoms with Gasteiger partial charge in [0.1, 0.15) is 0 Å². The third-order valence-corrected chi connectivity index (χ3v) is 2.39. The number of aryl methyl sites for hydroxylation is 1. The second-order valence-corrected chi connectivity index (χ2v) is 3.84. The van der Waals surface area contributed by atoms with Crippen molar-refractivity contribution in [2.45, 2.75) is 19.8 Å². The lowest BCUT2D eigenvalue weighted by Gasteiger charge is -2.14. The summed E-state index contributed by atoms with van der Waals surface area (Å²) in [5.41, 5.74) is 1.00. The fourth-order valence-corrected chi connectivity index (χ4v) is 1.55. The number of benzene rings is 1. The summed E-state index contributed by atoms with van der Waals surface area (Å²) in [4.78, 5) is 10.4. The Morgan fingerprint density at radius 1 is 1.22 bits per heavy atom. The first-order chi connectivity index (χ1) is 8.58. The average Bonchev–Trinajstić information content (AvgIpc) is 2.34. The van der Waals surface area contributed by atoms with E-state index >= 15 is 0 Å². The summed E-state index contributed by atoms with van der Waals surface area (Å²) >= 11 is 0. The number of rotatable bonds is 7. The van der Waals surface area contributed by atoms with Crippen molar-refractivity contribution < 1.29 is 24.1 Å². The second kappa shape index (κ2) is 6.74. The van der Waals surface area contributed by atoms with Crippen LogP contribution in [0, 0.1) is 6.92 Å². The Kier molecular flexibility index (Phi) is 5.30. The molecule has 1 aromatic rings. The van der Waals surface area contributed by atoms with E-state index in [4.69, 9.17) is 19.3 Å². The van der Waals surface area contributed by atoms with E-state index in [0.717, 1.165) is 5.56 Å². The van der Waals surface area contributed by atoms with Crippen LogP contribution in [0.15, 0.2) is 12.1 Å². The normalized spacial score (nSPS) is 9.94. The quantitative estimate of drug-likeness (QED) is 0.756. The molecule has 100 valence electrons. The maximum absolute atomic E-state index is 10.4. The zero-order valence-electron chi connectivity index (χ0n) is 10.9. The standard InChI is InChI=1S/C13H18O5/c1-9-7-10(16-2)13(11(8-9)17-3)18-6-4-5-12(14)15/h7-8H,4-6H2,1-3H3,(H,14,15). The van der Waals surface area contributed by atoms with Gasteiger partial charge in [-0.1, -0.05) is 0 Å². The minimum Gasteiger partial charge on any atom is -0.493 e. The molecule has 1 N–H and O–H groups in total. The van der Waals surface area contributed by atoms with E-state index in [-0.39, 0.29) is 6.42 Å². The maximum Gasteiger partial charge on any atom is 0.303 e. The topological polar surface area (TPSA) is 65.0 Å². The van der Waals surface area contributed by atoms with Gasteiger partial charge < -0.3 is 19.3 Å². The van der Waals surface area contributed by atoms with Crippen molar-refractivity contribution in [3.8, 4) is 17.2 Å². The van der Waals surface area contributed by atoms with Crippen LogP contribution in [0.25, 0.3) is 0 Å². The number of ether oxygens (including phenoxy) is 3. The van der Waals surface area contributed by atoms with Crippen LogP contribution in [0.5, 0.6) is 17.2 Å². The molecule has 0 atom stereocenters. The molecule has 1 rings (SSSR count). The highest BCUT2D eigenvalue weighted by Gasteiger charge is 2.12. The van der Waals surface area contributed by atoms with Crippen LogP contribution in [0.1, 0.15) is 18.4 Å². The number of methoxy groups -OCH3 is 2. The monoisotopic (exact) mass is 254 g/mol. The van der Waals surface area contributed by atoms with Crippen LogP contribution in [0.3, 0.4) is 0 Å². The highest BCUT2D eigenvalue weighted by atomic mass is 16.5. The molecule has 0 bridgehead atoms. The summed E-state index contributed by atoms with van der Waals surface area (Å²) in [6.45, 7) is 2.24. The Hall–Kier alpha value is -1.91. The molecule has 0 fully saturated rings. The van der Waals surface area contributed by atoms with Crippen molar-refractivity contribution in [1.82, 2.24) is 0 Å². The van der Waals surface area contributed by atoms with Crippen molar-refractivity contribution in [1.29, 1.82) is 0 Å². The Morgan fingerprint density at radius 3 is 2.22 bits per heavy atom. The van der Waals surface area contributed by atoms with E-state index in [0.29, 0.717) is 30.3 Å². The van der Waals surface area contributed by atoms with Crippen LogP contribution in [0.4, 0.5) is 0 Å². The molecule has 5 heteroatoms. The molecule has 18 heavy (non-hydrogen) atoms. The summed E-state index contributed by atoms with van der Waals surface area (Å²) in [5, 5.41) is 8.54. The molecule has 0 aliphatic carbocycles. The van der Waals surface area contributed by atoms with Crippen LogP contribution < -0.4 is 14.2 Å². The molecular weight excluding hydrogens is 236 g/mol. The SMILES string of the molecule is COc1cc(C)cc(OC)c1OCCCC(=O)O. The van der Waals surface area contributed by atoms with Crippen molar-refractivity contribution in [3.63, 3.8) is 0 Å². The lowest BCUT2D eigenvalue weighted by molar-refractivity contribution is -0.137. The average molecular weight is 254 g/mol. The molecule has 0 heterocycles. The lowest BCUT2D eigenvalue weighted by atomic mass is 10.2. The maximum atomic E-state index is 10.4. The van der Waals surface area contributed by atoms with Gasteiger partial charge in [-0.25, -0.2) is 0 Å². The predicted octanol–water partition coefficient (Wildman–Crippen LogP) is 2.26. The number of hydrogen-bond donors (Lipinski definition) is 1.